The van der Waals surface area contributed by atoms with Crippen LogP contribution >= 0.6 is 0 Å². The molecule has 0 radical (unpaired) electrons. The molecule has 1 saturated heterocycles. The fourth-order valence-electron chi connectivity index (χ4n) is 2.52. The molecule has 3 rings (SSSR count). The second kappa shape index (κ2) is 5.81. The smallest absolute Gasteiger partial charge is 0.182 e. The van der Waals surface area contributed by atoms with E-state index in [1.165, 1.54) is 0 Å². The van der Waals surface area contributed by atoms with Crippen molar-refractivity contribution in [2.75, 3.05) is 18.8 Å². The standard InChI is InChI=1S/C14H15N7/c15-6-10-12(9-2-1-3-17-7-9)20-14(21-13(10)16)11-8-18-4-5-19-11/h4-5,8-9,17H,1-3,7H2,(H2,16,20,21). The first-order valence-corrected chi connectivity index (χ1v) is 6.84. The molecule has 1 unspecified atom stereocenters. The Hall–Kier alpha value is -2.59. The summed E-state index contributed by atoms with van der Waals surface area (Å²) in [6, 6.07) is 2.13. The molecular weight excluding hydrogens is 266 g/mol. The number of nitrogens with two attached hydrogens (primary N) is 1. The Morgan fingerprint density at radius 3 is 2.90 bits per heavy atom. The maximum atomic E-state index is 9.33. The summed E-state index contributed by atoms with van der Waals surface area (Å²) < 4.78 is 0. The highest BCUT2D eigenvalue weighted by molar-refractivity contribution is 5.58. The third-order valence-corrected chi connectivity index (χ3v) is 3.55. The molecule has 1 fully saturated rings. The molecule has 0 saturated carbocycles. The molecular formula is C14H15N7. The number of nitrogens with zero attached hydrogens (tertiary/aromatic N) is 5. The summed E-state index contributed by atoms with van der Waals surface area (Å²) in [5, 5.41) is 12.7. The zero-order valence-corrected chi connectivity index (χ0v) is 11.5. The number of aromatic nitrogens is 4. The van der Waals surface area contributed by atoms with Crippen molar-refractivity contribution in [2.45, 2.75) is 18.8 Å². The predicted molar refractivity (Wildman–Crippen MR) is 77.0 cm³/mol. The van der Waals surface area contributed by atoms with Gasteiger partial charge in [-0.25, -0.2) is 15.0 Å². The maximum absolute atomic E-state index is 9.33. The third kappa shape index (κ3) is 2.66. The lowest BCUT2D eigenvalue weighted by molar-refractivity contribution is 0.454. The Morgan fingerprint density at radius 2 is 2.24 bits per heavy atom. The monoisotopic (exact) mass is 281 g/mol. The fourth-order valence-corrected chi connectivity index (χ4v) is 2.52. The lowest BCUT2D eigenvalue weighted by Crippen LogP contribution is -2.29. The quantitative estimate of drug-likeness (QED) is 0.838. The zero-order valence-electron chi connectivity index (χ0n) is 11.5. The van der Waals surface area contributed by atoms with Gasteiger partial charge in [0.15, 0.2) is 5.82 Å². The molecule has 0 aliphatic carbocycles. The minimum atomic E-state index is 0.175. The van der Waals surface area contributed by atoms with Gasteiger partial charge in [-0.1, -0.05) is 0 Å². The van der Waals surface area contributed by atoms with E-state index in [1.54, 1.807) is 18.6 Å². The van der Waals surface area contributed by atoms with Gasteiger partial charge >= 0.3 is 0 Å². The van der Waals surface area contributed by atoms with Gasteiger partial charge in [0.25, 0.3) is 0 Å². The average molecular weight is 281 g/mol. The van der Waals surface area contributed by atoms with Gasteiger partial charge in [0.2, 0.25) is 0 Å². The molecule has 1 aliphatic heterocycles. The zero-order chi connectivity index (χ0) is 14.7. The Morgan fingerprint density at radius 1 is 1.33 bits per heavy atom. The SMILES string of the molecule is N#Cc1c(N)nc(-c2cnccn2)nc1C1CCCNC1. The summed E-state index contributed by atoms with van der Waals surface area (Å²) in [5.41, 5.74) is 7.57. The second-order valence-electron chi connectivity index (χ2n) is 4.94. The van der Waals surface area contributed by atoms with E-state index in [1.807, 2.05) is 0 Å². The molecule has 2 aromatic heterocycles. The number of hydrogen-bond donors (Lipinski definition) is 2. The predicted octanol–water partition coefficient (Wildman–Crippen LogP) is 0.854. The van der Waals surface area contributed by atoms with Gasteiger partial charge < -0.3 is 11.1 Å². The number of anilines is 1. The molecule has 0 bridgehead atoms. The van der Waals surface area contributed by atoms with Crippen molar-refractivity contribution >= 4 is 5.82 Å². The molecule has 21 heavy (non-hydrogen) atoms. The highest BCUT2D eigenvalue weighted by atomic mass is 15.0. The van der Waals surface area contributed by atoms with Crippen molar-refractivity contribution in [1.29, 1.82) is 5.26 Å². The minimum Gasteiger partial charge on any atom is -0.382 e. The summed E-state index contributed by atoms with van der Waals surface area (Å²) in [6.45, 7) is 1.79. The normalized spacial score (nSPS) is 18.1. The van der Waals surface area contributed by atoms with Crippen LogP contribution in [0.2, 0.25) is 0 Å². The average Bonchev–Trinajstić information content (AvgIpc) is 2.55. The Labute approximate surface area is 122 Å². The van der Waals surface area contributed by atoms with Crippen LogP contribution in [-0.2, 0) is 0 Å². The largest absolute Gasteiger partial charge is 0.382 e. The van der Waals surface area contributed by atoms with Crippen molar-refractivity contribution in [3.8, 4) is 17.6 Å². The highest BCUT2D eigenvalue weighted by Gasteiger charge is 2.23. The summed E-state index contributed by atoms with van der Waals surface area (Å²) in [7, 11) is 0. The van der Waals surface area contributed by atoms with Crippen LogP contribution in [-0.4, -0.2) is 33.0 Å². The summed E-state index contributed by atoms with van der Waals surface area (Å²) in [4.78, 5) is 16.9. The maximum Gasteiger partial charge on any atom is 0.182 e. The van der Waals surface area contributed by atoms with Crippen LogP contribution in [0.15, 0.2) is 18.6 Å². The van der Waals surface area contributed by atoms with Crippen molar-refractivity contribution in [3.63, 3.8) is 0 Å². The molecule has 106 valence electrons. The van der Waals surface area contributed by atoms with Crippen molar-refractivity contribution < 1.29 is 0 Å². The molecule has 1 atom stereocenters. The Balaban J connectivity index is 2.09. The van der Waals surface area contributed by atoms with Gasteiger partial charge in [-0.2, -0.15) is 5.26 Å². The number of nitrogens with one attached hydrogen (secondary N) is 1. The van der Waals surface area contributed by atoms with E-state index in [0.29, 0.717) is 22.8 Å². The van der Waals surface area contributed by atoms with E-state index in [0.717, 1.165) is 25.9 Å². The molecule has 0 spiro atoms. The molecule has 3 N–H and O–H groups in total. The van der Waals surface area contributed by atoms with E-state index in [4.69, 9.17) is 5.73 Å². The Bertz CT molecular complexity index is 672. The van der Waals surface area contributed by atoms with E-state index in [9.17, 15) is 5.26 Å². The number of nitriles is 1. The summed E-state index contributed by atoms with van der Waals surface area (Å²) >= 11 is 0. The number of rotatable bonds is 2. The molecule has 3 heterocycles. The molecule has 1 aliphatic rings. The molecule has 0 aromatic carbocycles. The van der Waals surface area contributed by atoms with E-state index < -0.39 is 0 Å². The first-order valence-electron chi connectivity index (χ1n) is 6.84. The second-order valence-corrected chi connectivity index (χ2v) is 4.94. The van der Waals surface area contributed by atoms with Crippen LogP contribution in [0, 0.1) is 11.3 Å². The van der Waals surface area contributed by atoms with Gasteiger partial charge in [-0.3, -0.25) is 4.98 Å². The van der Waals surface area contributed by atoms with Crippen LogP contribution < -0.4 is 11.1 Å². The third-order valence-electron chi connectivity index (χ3n) is 3.55. The number of hydrogen-bond acceptors (Lipinski definition) is 7. The minimum absolute atomic E-state index is 0.175. The topological polar surface area (TPSA) is 113 Å². The lowest BCUT2D eigenvalue weighted by Gasteiger charge is -2.23. The first-order chi connectivity index (χ1) is 10.3. The van der Waals surface area contributed by atoms with Crippen LogP contribution in [0.4, 0.5) is 5.82 Å². The van der Waals surface area contributed by atoms with Crippen LogP contribution in [0.3, 0.4) is 0 Å². The van der Waals surface area contributed by atoms with Gasteiger partial charge in [0.1, 0.15) is 23.1 Å². The van der Waals surface area contributed by atoms with Gasteiger partial charge in [-0.15, -0.1) is 0 Å². The summed E-state index contributed by atoms with van der Waals surface area (Å²) in [5.74, 6) is 0.794. The van der Waals surface area contributed by atoms with Gasteiger partial charge in [0.05, 0.1) is 11.9 Å². The van der Waals surface area contributed by atoms with E-state index in [-0.39, 0.29) is 11.7 Å². The molecule has 2 aromatic rings. The fraction of sp³-hybridized carbons (Fsp3) is 0.357. The van der Waals surface area contributed by atoms with Crippen molar-refractivity contribution in [3.05, 3.63) is 29.8 Å². The van der Waals surface area contributed by atoms with Crippen molar-refractivity contribution in [1.82, 2.24) is 25.3 Å². The molecule has 7 heteroatoms. The first kappa shape index (κ1) is 13.4. The molecule has 0 amide bonds. The van der Waals surface area contributed by atoms with Crippen LogP contribution in [0.1, 0.15) is 30.0 Å². The van der Waals surface area contributed by atoms with Crippen molar-refractivity contribution in [2.24, 2.45) is 0 Å². The Kier molecular flexibility index (Phi) is 3.71. The van der Waals surface area contributed by atoms with E-state index in [2.05, 4.69) is 31.3 Å². The van der Waals surface area contributed by atoms with Crippen LogP contribution in [0.5, 0.6) is 0 Å². The van der Waals surface area contributed by atoms with Gasteiger partial charge in [0, 0.05) is 24.9 Å². The number of piperidine rings is 1. The summed E-state index contributed by atoms with van der Waals surface area (Å²) in [6.07, 6.45) is 6.79. The molecule has 7 nitrogen and oxygen atoms in total. The van der Waals surface area contributed by atoms with Crippen LogP contribution in [0.25, 0.3) is 11.5 Å². The highest BCUT2D eigenvalue weighted by Crippen LogP contribution is 2.28. The lowest BCUT2D eigenvalue weighted by atomic mass is 9.93. The van der Waals surface area contributed by atoms with E-state index >= 15 is 0 Å². The number of nitrogen functional groups attached to an aromatic ring is 1. The van der Waals surface area contributed by atoms with Gasteiger partial charge in [-0.05, 0) is 19.4 Å².